The van der Waals surface area contributed by atoms with Gasteiger partial charge in [0.15, 0.2) is 0 Å². The lowest BCUT2D eigenvalue weighted by Gasteiger charge is -2.38. The zero-order valence-electron chi connectivity index (χ0n) is 18.9. The van der Waals surface area contributed by atoms with Gasteiger partial charge in [-0.15, -0.1) is 0 Å². The molecular weight excluding hydrogens is 393 g/mol. The topological polar surface area (TPSA) is 61.4 Å². The van der Waals surface area contributed by atoms with E-state index in [1.54, 1.807) is 6.07 Å². The maximum absolute atomic E-state index is 13.8. The van der Waals surface area contributed by atoms with Crippen LogP contribution in [0.25, 0.3) is 0 Å². The van der Waals surface area contributed by atoms with Gasteiger partial charge in [-0.3, -0.25) is 4.79 Å². The second-order valence-corrected chi connectivity index (χ2v) is 9.32. The van der Waals surface area contributed by atoms with Crippen molar-refractivity contribution < 1.29 is 9.18 Å². The third-order valence-electron chi connectivity index (χ3n) is 6.66. The summed E-state index contributed by atoms with van der Waals surface area (Å²) >= 11 is 0. The number of nitrogens with zero attached hydrogens (tertiary/aromatic N) is 4. The number of carbonyl (C=O) groups excluding carboxylic acids is 1. The van der Waals surface area contributed by atoms with Crippen LogP contribution in [0.15, 0.2) is 24.3 Å². The quantitative estimate of drug-likeness (QED) is 0.814. The molecule has 1 N–H and O–H groups in total. The van der Waals surface area contributed by atoms with Crippen LogP contribution >= 0.6 is 0 Å². The minimum Gasteiger partial charge on any atom is -0.373 e. The van der Waals surface area contributed by atoms with E-state index in [2.05, 4.69) is 17.3 Å². The third-order valence-corrected chi connectivity index (χ3v) is 6.66. The van der Waals surface area contributed by atoms with E-state index in [1.165, 1.54) is 17.7 Å². The average molecular weight is 426 g/mol. The van der Waals surface area contributed by atoms with Gasteiger partial charge in [-0.25, -0.2) is 14.4 Å². The van der Waals surface area contributed by atoms with E-state index in [0.717, 1.165) is 49.7 Å². The molecule has 0 bridgehead atoms. The molecule has 0 saturated carbocycles. The fourth-order valence-electron chi connectivity index (χ4n) is 4.74. The molecule has 2 aliphatic rings. The van der Waals surface area contributed by atoms with Crippen molar-refractivity contribution in [2.45, 2.75) is 51.0 Å². The van der Waals surface area contributed by atoms with Crippen molar-refractivity contribution in [1.82, 2.24) is 19.8 Å². The van der Waals surface area contributed by atoms with E-state index in [-0.39, 0.29) is 17.6 Å². The zero-order chi connectivity index (χ0) is 22.2. The van der Waals surface area contributed by atoms with Gasteiger partial charge in [0, 0.05) is 44.7 Å². The van der Waals surface area contributed by atoms with Gasteiger partial charge < -0.3 is 15.1 Å². The number of benzene rings is 1. The first-order valence-corrected chi connectivity index (χ1v) is 11.1. The summed E-state index contributed by atoms with van der Waals surface area (Å²) in [5, 5.41) is 3.25. The van der Waals surface area contributed by atoms with Crippen LogP contribution in [0, 0.1) is 5.82 Å². The summed E-state index contributed by atoms with van der Waals surface area (Å²) in [5.74, 6) is 1.54. The lowest BCUT2D eigenvalue weighted by atomic mass is 9.82. The highest BCUT2D eigenvalue weighted by Gasteiger charge is 2.37. The Labute approximate surface area is 183 Å². The van der Waals surface area contributed by atoms with Crippen LogP contribution < -0.4 is 5.32 Å². The second-order valence-electron chi connectivity index (χ2n) is 9.32. The molecule has 1 amide bonds. The fourth-order valence-corrected chi connectivity index (χ4v) is 4.74. The summed E-state index contributed by atoms with van der Waals surface area (Å²) in [7, 11) is 4.02. The summed E-state index contributed by atoms with van der Waals surface area (Å²) < 4.78 is 13.8. The number of piperidine rings is 1. The molecule has 166 valence electrons. The standard InChI is InChI=1S/C24H32FN5O/c1-24(2,17-8-5-9-18(25)13-17)23(31)30-11-6-7-16(14-30)21-27-20-15-29(4)12-10-19(20)22(26-3)28-21/h5,8-9,13,16H,6-7,10-12,14-15H2,1-4H3,(H,26,27,28). The van der Waals surface area contributed by atoms with Crippen molar-refractivity contribution in [2.75, 3.05) is 39.0 Å². The van der Waals surface area contributed by atoms with E-state index in [4.69, 9.17) is 9.97 Å². The smallest absolute Gasteiger partial charge is 0.232 e. The number of hydrogen-bond donors (Lipinski definition) is 1. The van der Waals surface area contributed by atoms with E-state index in [9.17, 15) is 9.18 Å². The van der Waals surface area contributed by atoms with E-state index in [1.807, 2.05) is 31.9 Å². The average Bonchev–Trinajstić information content (AvgIpc) is 2.77. The molecule has 1 aromatic heterocycles. The van der Waals surface area contributed by atoms with Crippen LogP contribution in [-0.2, 0) is 23.2 Å². The van der Waals surface area contributed by atoms with Gasteiger partial charge in [0.1, 0.15) is 17.5 Å². The number of hydrogen-bond acceptors (Lipinski definition) is 5. The van der Waals surface area contributed by atoms with Crippen LogP contribution in [0.3, 0.4) is 0 Å². The second kappa shape index (κ2) is 8.54. The van der Waals surface area contributed by atoms with Crippen LogP contribution in [0.2, 0.25) is 0 Å². The number of aromatic nitrogens is 2. The van der Waals surface area contributed by atoms with Crippen LogP contribution in [0.1, 0.15) is 55.3 Å². The van der Waals surface area contributed by atoms with Crippen molar-refractivity contribution in [3.63, 3.8) is 0 Å². The molecule has 0 aliphatic carbocycles. The number of amides is 1. The number of anilines is 1. The first-order chi connectivity index (χ1) is 14.8. The largest absolute Gasteiger partial charge is 0.373 e. The molecule has 4 rings (SSSR count). The molecule has 7 heteroatoms. The molecular formula is C24H32FN5O. The Hall–Kier alpha value is -2.54. The van der Waals surface area contributed by atoms with Crippen LogP contribution in [-0.4, -0.2) is 59.4 Å². The van der Waals surface area contributed by atoms with Gasteiger partial charge in [0.05, 0.1) is 11.1 Å². The zero-order valence-corrected chi connectivity index (χ0v) is 18.9. The van der Waals surface area contributed by atoms with Crippen LogP contribution in [0.4, 0.5) is 10.2 Å². The van der Waals surface area contributed by atoms with E-state index in [0.29, 0.717) is 18.7 Å². The number of likely N-dealkylation sites (tertiary alicyclic amines) is 1. The highest BCUT2D eigenvalue weighted by atomic mass is 19.1. The lowest BCUT2D eigenvalue weighted by Crippen LogP contribution is -2.47. The predicted octanol–water partition coefficient (Wildman–Crippen LogP) is 3.33. The minimum absolute atomic E-state index is 0.0225. The van der Waals surface area contributed by atoms with Crippen molar-refractivity contribution in [3.8, 4) is 0 Å². The van der Waals surface area contributed by atoms with Crippen molar-refractivity contribution in [3.05, 3.63) is 52.7 Å². The molecule has 1 unspecified atom stereocenters. The maximum Gasteiger partial charge on any atom is 0.232 e. The monoisotopic (exact) mass is 425 g/mol. The van der Waals surface area contributed by atoms with Gasteiger partial charge in [0.25, 0.3) is 0 Å². The highest BCUT2D eigenvalue weighted by Crippen LogP contribution is 2.33. The minimum atomic E-state index is -0.792. The Morgan fingerprint density at radius 2 is 2.06 bits per heavy atom. The highest BCUT2D eigenvalue weighted by molar-refractivity contribution is 5.87. The number of halogens is 1. The molecule has 0 radical (unpaired) electrons. The van der Waals surface area contributed by atoms with E-state index < -0.39 is 5.41 Å². The molecule has 1 atom stereocenters. The number of likely N-dealkylation sites (N-methyl/N-ethyl adjacent to an activating group) is 1. The molecule has 2 aliphatic heterocycles. The molecule has 3 heterocycles. The Morgan fingerprint density at radius 3 is 2.81 bits per heavy atom. The van der Waals surface area contributed by atoms with Crippen molar-refractivity contribution in [2.24, 2.45) is 0 Å². The summed E-state index contributed by atoms with van der Waals surface area (Å²) in [6, 6.07) is 6.35. The maximum atomic E-state index is 13.8. The first kappa shape index (κ1) is 21.7. The summed E-state index contributed by atoms with van der Waals surface area (Å²) in [4.78, 5) is 27.4. The van der Waals surface area contributed by atoms with Crippen molar-refractivity contribution >= 4 is 11.7 Å². The summed E-state index contributed by atoms with van der Waals surface area (Å²) in [6.07, 6.45) is 2.81. The predicted molar refractivity (Wildman–Crippen MR) is 120 cm³/mol. The Bertz CT molecular complexity index is 976. The normalized spacial score (nSPS) is 19.8. The summed E-state index contributed by atoms with van der Waals surface area (Å²) in [6.45, 7) is 6.87. The third kappa shape index (κ3) is 4.28. The summed E-state index contributed by atoms with van der Waals surface area (Å²) in [5.41, 5.74) is 2.21. The number of rotatable bonds is 4. The fraction of sp³-hybridized carbons (Fsp3) is 0.542. The molecule has 0 spiro atoms. The molecule has 6 nitrogen and oxygen atoms in total. The van der Waals surface area contributed by atoms with E-state index >= 15 is 0 Å². The number of carbonyl (C=O) groups is 1. The molecule has 1 fully saturated rings. The SMILES string of the molecule is CNc1nc(C2CCCN(C(=O)C(C)(C)c3cccc(F)c3)C2)nc2c1CCN(C)C2. The van der Waals surface area contributed by atoms with Gasteiger partial charge in [0.2, 0.25) is 5.91 Å². The molecule has 31 heavy (non-hydrogen) atoms. The first-order valence-electron chi connectivity index (χ1n) is 11.1. The van der Waals surface area contributed by atoms with Gasteiger partial charge >= 0.3 is 0 Å². The Morgan fingerprint density at radius 1 is 1.26 bits per heavy atom. The lowest BCUT2D eigenvalue weighted by molar-refractivity contribution is -0.137. The van der Waals surface area contributed by atoms with Gasteiger partial charge in [-0.2, -0.15) is 0 Å². The molecule has 1 aromatic carbocycles. The Kier molecular flexibility index (Phi) is 5.97. The Balaban J connectivity index is 1.57. The molecule has 1 saturated heterocycles. The van der Waals surface area contributed by atoms with Crippen LogP contribution in [0.5, 0.6) is 0 Å². The molecule has 2 aromatic rings. The van der Waals surface area contributed by atoms with Crippen molar-refractivity contribution in [1.29, 1.82) is 0 Å². The van der Waals surface area contributed by atoms with Gasteiger partial charge in [-0.1, -0.05) is 12.1 Å². The number of nitrogens with one attached hydrogen (secondary N) is 1. The van der Waals surface area contributed by atoms with Gasteiger partial charge in [-0.05, 0) is 57.9 Å². The number of fused-ring (bicyclic) bond motifs is 1.